The van der Waals surface area contributed by atoms with Crippen molar-refractivity contribution in [3.8, 4) is 0 Å². The lowest BCUT2D eigenvalue weighted by Crippen LogP contribution is -2.60. The molecule has 14 heavy (non-hydrogen) atoms. The lowest BCUT2D eigenvalue weighted by Gasteiger charge is -2.44. The van der Waals surface area contributed by atoms with Crippen molar-refractivity contribution in [3.05, 3.63) is 0 Å². The minimum absolute atomic E-state index is 0.430. The van der Waals surface area contributed by atoms with Crippen LogP contribution in [0.1, 0.15) is 26.7 Å². The molecule has 2 aliphatic rings. The Morgan fingerprint density at radius 3 is 2.07 bits per heavy atom. The van der Waals surface area contributed by atoms with Crippen molar-refractivity contribution in [3.63, 3.8) is 0 Å². The number of nitrogens with one attached hydrogen (secondary N) is 1. The van der Waals surface area contributed by atoms with E-state index in [1.807, 2.05) is 0 Å². The summed E-state index contributed by atoms with van der Waals surface area (Å²) in [4.78, 5) is 2.55. The molecule has 2 saturated heterocycles. The minimum Gasteiger partial charge on any atom is -0.375 e. The van der Waals surface area contributed by atoms with Gasteiger partial charge in [0.05, 0.1) is 12.2 Å². The summed E-state index contributed by atoms with van der Waals surface area (Å²) >= 11 is 0. The van der Waals surface area contributed by atoms with Gasteiger partial charge in [0.1, 0.15) is 0 Å². The van der Waals surface area contributed by atoms with Crippen LogP contribution < -0.4 is 5.32 Å². The van der Waals surface area contributed by atoms with Crippen molar-refractivity contribution >= 4 is 0 Å². The molecule has 2 heterocycles. The second kappa shape index (κ2) is 4.17. The van der Waals surface area contributed by atoms with Crippen molar-refractivity contribution < 1.29 is 4.74 Å². The first-order valence-electron chi connectivity index (χ1n) is 5.75. The molecule has 2 aliphatic heterocycles. The van der Waals surface area contributed by atoms with Crippen molar-refractivity contribution in [2.75, 3.05) is 20.1 Å². The maximum Gasteiger partial charge on any atom is 0.0565 e. The fourth-order valence-corrected chi connectivity index (χ4v) is 2.56. The lowest BCUT2D eigenvalue weighted by molar-refractivity contribution is -0.0703. The molecule has 2 fully saturated rings. The molecule has 1 N–H and O–H groups in total. The van der Waals surface area contributed by atoms with Crippen LogP contribution in [0.5, 0.6) is 0 Å². The Morgan fingerprint density at radius 1 is 1.07 bits per heavy atom. The lowest BCUT2D eigenvalue weighted by atomic mass is 9.96. The van der Waals surface area contributed by atoms with Gasteiger partial charge in [0.2, 0.25) is 0 Å². The van der Waals surface area contributed by atoms with E-state index >= 15 is 0 Å². The van der Waals surface area contributed by atoms with E-state index in [-0.39, 0.29) is 0 Å². The number of likely N-dealkylation sites (N-methyl/N-ethyl adjacent to an activating group) is 1. The minimum atomic E-state index is 0.430. The highest BCUT2D eigenvalue weighted by atomic mass is 16.5. The Labute approximate surface area is 86.8 Å². The molecule has 2 atom stereocenters. The van der Waals surface area contributed by atoms with Gasteiger partial charge in [0, 0.05) is 25.2 Å². The first-order chi connectivity index (χ1) is 6.66. The third-order valence-electron chi connectivity index (χ3n) is 3.58. The molecule has 0 spiro atoms. The molecular formula is C11H22N2O. The number of ether oxygens (including phenoxy) is 1. The van der Waals surface area contributed by atoms with Crippen molar-refractivity contribution in [1.29, 1.82) is 0 Å². The predicted molar refractivity (Wildman–Crippen MR) is 57.5 cm³/mol. The summed E-state index contributed by atoms with van der Waals surface area (Å²) in [5.41, 5.74) is 0. The summed E-state index contributed by atoms with van der Waals surface area (Å²) in [5.74, 6) is 0. The molecular weight excluding hydrogens is 176 g/mol. The largest absolute Gasteiger partial charge is 0.375 e. The fourth-order valence-electron chi connectivity index (χ4n) is 2.56. The number of hydrogen-bond donors (Lipinski definition) is 1. The standard InChI is InChI=1S/C11H22N2O/c1-8-4-10(5-9(2)14-8)13(3)11-6-12-7-11/h8-12H,4-7H2,1-3H3. The zero-order chi connectivity index (χ0) is 10.1. The second-order valence-corrected chi connectivity index (χ2v) is 4.86. The molecule has 0 bridgehead atoms. The van der Waals surface area contributed by atoms with Gasteiger partial charge in [-0.25, -0.2) is 0 Å². The zero-order valence-corrected chi connectivity index (χ0v) is 9.49. The van der Waals surface area contributed by atoms with Crippen LogP contribution in [0.3, 0.4) is 0 Å². The van der Waals surface area contributed by atoms with Crippen molar-refractivity contribution in [2.45, 2.75) is 51.0 Å². The zero-order valence-electron chi connectivity index (χ0n) is 9.49. The van der Waals surface area contributed by atoms with E-state index in [0.29, 0.717) is 12.2 Å². The number of rotatable bonds is 2. The third-order valence-corrected chi connectivity index (χ3v) is 3.58. The summed E-state index contributed by atoms with van der Waals surface area (Å²) in [7, 11) is 2.26. The topological polar surface area (TPSA) is 24.5 Å². The summed E-state index contributed by atoms with van der Waals surface area (Å²) in [5, 5.41) is 3.33. The SMILES string of the molecule is CC1CC(N(C)C2CNC2)CC(C)O1. The molecule has 2 rings (SSSR count). The van der Waals surface area contributed by atoms with Crippen molar-refractivity contribution in [2.24, 2.45) is 0 Å². The van der Waals surface area contributed by atoms with Gasteiger partial charge < -0.3 is 10.1 Å². The van der Waals surface area contributed by atoms with Gasteiger partial charge in [0.15, 0.2) is 0 Å². The van der Waals surface area contributed by atoms with E-state index in [2.05, 4.69) is 31.1 Å². The monoisotopic (exact) mass is 198 g/mol. The van der Waals surface area contributed by atoms with Crippen LogP contribution in [0, 0.1) is 0 Å². The maximum atomic E-state index is 5.76. The Balaban J connectivity index is 1.88. The van der Waals surface area contributed by atoms with Gasteiger partial charge in [-0.15, -0.1) is 0 Å². The molecule has 0 aromatic heterocycles. The molecule has 3 nitrogen and oxygen atoms in total. The maximum absolute atomic E-state index is 5.76. The molecule has 3 heteroatoms. The molecule has 0 amide bonds. The van der Waals surface area contributed by atoms with Crippen molar-refractivity contribution in [1.82, 2.24) is 10.2 Å². The second-order valence-electron chi connectivity index (χ2n) is 4.86. The molecule has 0 aromatic carbocycles. The number of hydrogen-bond acceptors (Lipinski definition) is 3. The van der Waals surface area contributed by atoms with Gasteiger partial charge in [-0.2, -0.15) is 0 Å². The highest BCUT2D eigenvalue weighted by molar-refractivity contribution is 4.89. The van der Waals surface area contributed by atoms with Gasteiger partial charge >= 0.3 is 0 Å². The quantitative estimate of drug-likeness (QED) is 0.712. The van der Waals surface area contributed by atoms with Gasteiger partial charge in [-0.3, -0.25) is 4.90 Å². The summed E-state index contributed by atoms with van der Waals surface area (Å²) in [6.07, 6.45) is 3.24. The molecule has 0 aromatic rings. The first kappa shape index (κ1) is 10.4. The van der Waals surface area contributed by atoms with E-state index in [9.17, 15) is 0 Å². The normalized spacial score (nSPS) is 39.9. The molecule has 0 radical (unpaired) electrons. The molecule has 0 saturated carbocycles. The Bertz CT molecular complexity index is 184. The van der Waals surface area contributed by atoms with E-state index < -0.39 is 0 Å². The van der Waals surface area contributed by atoms with Crippen LogP contribution >= 0.6 is 0 Å². The number of nitrogens with zero attached hydrogens (tertiary/aromatic N) is 1. The highest BCUT2D eigenvalue weighted by Crippen LogP contribution is 2.24. The van der Waals surface area contributed by atoms with Gasteiger partial charge in [0.25, 0.3) is 0 Å². The van der Waals surface area contributed by atoms with Crippen LogP contribution in [-0.4, -0.2) is 49.3 Å². The van der Waals surface area contributed by atoms with Crippen LogP contribution in [0.2, 0.25) is 0 Å². The van der Waals surface area contributed by atoms with Gasteiger partial charge in [-0.05, 0) is 33.7 Å². The van der Waals surface area contributed by atoms with E-state index in [1.165, 1.54) is 12.8 Å². The Kier molecular flexibility index (Phi) is 3.10. The summed E-state index contributed by atoms with van der Waals surface area (Å²) in [6, 6.07) is 1.48. The highest BCUT2D eigenvalue weighted by Gasteiger charge is 2.32. The smallest absolute Gasteiger partial charge is 0.0565 e. The molecule has 82 valence electrons. The average molecular weight is 198 g/mol. The van der Waals surface area contributed by atoms with Crippen LogP contribution in [0.25, 0.3) is 0 Å². The Hall–Kier alpha value is -0.120. The summed E-state index contributed by atoms with van der Waals surface area (Å²) < 4.78 is 5.76. The van der Waals surface area contributed by atoms with Crippen LogP contribution in [0.15, 0.2) is 0 Å². The van der Waals surface area contributed by atoms with E-state index in [1.54, 1.807) is 0 Å². The van der Waals surface area contributed by atoms with Gasteiger partial charge in [-0.1, -0.05) is 0 Å². The third kappa shape index (κ3) is 2.10. The van der Waals surface area contributed by atoms with E-state index in [4.69, 9.17) is 4.74 Å². The molecule has 2 unspecified atom stereocenters. The van der Waals surface area contributed by atoms with Crippen LogP contribution in [-0.2, 0) is 4.74 Å². The average Bonchev–Trinajstić information content (AvgIpc) is 1.98. The van der Waals surface area contributed by atoms with Crippen LogP contribution in [0.4, 0.5) is 0 Å². The predicted octanol–water partition coefficient (Wildman–Crippen LogP) is 0.846. The first-order valence-corrected chi connectivity index (χ1v) is 5.75. The molecule has 0 aliphatic carbocycles. The van der Waals surface area contributed by atoms with E-state index in [0.717, 1.165) is 25.2 Å². The summed E-state index contributed by atoms with van der Waals surface area (Å²) in [6.45, 7) is 6.71. The Morgan fingerprint density at radius 2 is 1.64 bits per heavy atom. The fraction of sp³-hybridized carbons (Fsp3) is 1.00.